The lowest BCUT2D eigenvalue weighted by Crippen LogP contribution is -2.11. The standard InChI is InChI=1S/C14H11N3O7S2/c18-14(19)24-12(9-3-5-10(6-4-9)16(20)21)8-25-26-13-11(17(22)23)2-1-7-15-13/h1-7,12H,8H2,(H,18,19). The molecule has 0 bridgehead atoms. The molecular weight excluding hydrogens is 386 g/mol. The SMILES string of the molecule is O=C(O)OC(CSSc1ncccc1[N+](=O)[O-])c1ccc([N+](=O)[O-])cc1. The molecule has 0 fully saturated rings. The molecule has 10 nitrogen and oxygen atoms in total. The Bertz CT molecular complexity index is 816. The maximum absolute atomic E-state index is 11.0. The zero-order chi connectivity index (χ0) is 19.1. The summed E-state index contributed by atoms with van der Waals surface area (Å²) in [5.41, 5.74) is 0.145. The van der Waals surface area contributed by atoms with E-state index in [9.17, 15) is 25.0 Å². The van der Waals surface area contributed by atoms with E-state index in [4.69, 9.17) is 9.84 Å². The highest BCUT2D eigenvalue weighted by atomic mass is 33.1. The number of non-ortho nitro benzene ring substituents is 1. The normalized spacial score (nSPS) is 11.5. The predicted molar refractivity (Wildman–Crippen MR) is 94.2 cm³/mol. The summed E-state index contributed by atoms with van der Waals surface area (Å²) in [4.78, 5) is 35.3. The van der Waals surface area contributed by atoms with Gasteiger partial charge in [-0.25, -0.2) is 9.78 Å². The molecule has 12 heteroatoms. The van der Waals surface area contributed by atoms with Gasteiger partial charge in [0.1, 0.15) is 6.10 Å². The fraction of sp³-hybridized carbons (Fsp3) is 0.143. The van der Waals surface area contributed by atoms with Crippen LogP contribution in [0, 0.1) is 20.2 Å². The molecule has 1 unspecified atom stereocenters. The summed E-state index contributed by atoms with van der Waals surface area (Å²) in [7, 11) is 2.14. The number of nitrogens with zero attached hydrogens (tertiary/aromatic N) is 3. The average Bonchev–Trinajstić information content (AvgIpc) is 2.61. The Morgan fingerprint density at radius 2 is 1.88 bits per heavy atom. The van der Waals surface area contributed by atoms with E-state index in [1.54, 1.807) is 0 Å². The first-order chi connectivity index (χ1) is 12.4. The molecule has 0 amide bonds. The van der Waals surface area contributed by atoms with Crippen LogP contribution in [0.4, 0.5) is 16.2 Å². The van der Waals surface area contributed by atoms with Gasteiger partial charge >= 0.3 is 11.8 Å². The molecule has 26 heavy (non-hydrogen) atoms. The van der Waals surface area contributed by atoms with Crippen LogP contribution in [0.5, 0.6) is 0 Å². The number of ether oxygens (including phenoxy) is 1. The number of nitro benzene ring substituents is 1. The van der Waals surface area contributed by atoms with Crippen LogP contribution in [0.1, 0.15) is 11.7 Å². The summed E-state index contributed by atoms with van der Waals surface area (Å²) in [6.07, 6.45) is -0.978. The maximum atomic E-state index is 11.0. The number of aromatic nitrogens is 1. The van der Waals surface area contributed by atoms with Gasteiger partial charge in [-0.1, -0.05) is 10.8 Å². The van der Waals surface area contributed by atoms with Crippen molar-refractivity contribution in [2.24, 2.45) is 0 Å². The maximum Gasteiger partial charge on any atom is 0.506 e. The van der Waals surface area contributed by atoms with E-state index in [-0.39, 0.29) is 22.2 Å². The molecule has 2 rings (SSSR count). The van der Waals surface area contributed by atoms with Gasteiger partial charge in [0.2, 0.25) is 0 Å². The lowest BCUT2D eigenvalue weighted by Gasteiger charge is -2.15. The van der Waals surface area contributed by atoms with Crippen molar-refractivity contribution in [3.63, 3.8) is 0 Å². The molecule has 1 N–H and O–H groups in total. The minimum atomic E-state index is -1.50. The van der Waals surface area contributed by atoms with Crippen molar-refractivity contribution in [3.05, 3.63) is 68.4 Å². The second-order valence-corrected chi connectivity index (χ2v) is 7.00. The quantitative estimate of drug-likeness (QED) is 0.299. The van der Waals surface area contributed by atoms with Gasteiger partial charge in [-0.15, -0.1) is 0 Å². The number of benzene rings is 1. The first-order valence-electron chi connectivity index (χ1n) is 6.91. The number of carboxylic acid groups (broad SMARTS) is 1. The summed E-state index contributed by atoms with van der Waals surface area (Å²) in [6.45, 7) is 0. The van der Waals surface area contributed by atoms with Gasteiger partial charge in [0, 0.05) is 30.1 Å². The second-order valence-electron chi connectivity index (χ2n) is 4.67. The van der Waals surface area contributed by atoms with Crippen molar-refractivity contribution in [2.45, 2.75) is 11.1 Å². The van der Waals surface area contributed by atoms with Crippen LogP contribution >= 0.6 is 21.6 Å². The monoisotopic (exact) mass is 397 g/mol. The Kier molecular flexibility index (Phi) is 6.74. The zero-order valence-corrected chi connectivity index (χ0v) is 14.5. The smallest absolute Gasteiger partial charge is 0.450 e. The molecule has 0 aliphatic carbocycles. The summed E-state index contributed by atoms with van der Waals surface area (Å²) in [5.74, 6) is 0.127. The van der Waals surface area contributed by atoms with Gasteiger partial charge in [0.15, 0.2) is 5.03 Å². The number of hydrogen-bond acceptors (Lipinski definition) is 9. The van der Waals surface area contributed by atoms with Gasteiger partial charge in [0.25, 0.3) is 5.69 Å². The summed E-state index contributed by atoms with van der Waals surface area (Å²) >= 11 is 0. The van der Waals surface area contributed by atoms with Crippen molar-refractivity contribution < 1.29 is 24.5 Å². The molecule has 0 aliphatic rings. The fourth-order valence-corrected chi connectivity index (χ4v) is 4.06. The largest absolute Gasteiger partial charge is 0.506 e. The van der Waals surface area contributed by atoms with Crippen LogP contribution in [0.25, 0.3) is 0 Å². The summed E-state index contributed by atoms with van der Waals surface area (Å²) < 4.78 is 4.81. The Morgan fingerprint density at radius 3 is 2.46 bits per heavy atom. The van der Waals surface area contributed by atoms with Gasteiger partial charge in [-0.3, -0.25) is 20.2 Å². The van der Waals surface area contributed by atoms with Gasteiger partial charge in [0.05, 0.1) is 9.85 Å². The first-order valence-corrected chi connectivity index (χ1v) is 9.23. The highest BCUT2D eigenvalue weighted by Crippen LogP contribution is 2.38. The van der Waals surface area contributed by atoms with E-state index in [0.717, 1.165) is 21.6 Å². The Hall–Kier alpha value is -2.86. The van der Waals surface area contributed by atoms with Crippen LogP contribution < -0.4 is 0 Å². The molecule has 0 radical (unpaired) electrons. The molecule has 1 aromatic carbocycles. The highest BCUT2D eigenvalue weighted by Gasteiger charge is 2.20. The van der Waals surface area contributed by atoms with Crippen LogP contribution in [0.2, 0.25) is 0 Å². The van der Waals surface area contributed by atoms with E-state index >= 15 is 0 Å². The summed E-state index contributed by atoms with van der Waals surface area (Å²) in [5, 5.41) is 30.7. The molecule has 2 aromatic rings. The molecular formula is C14H11N3O7S2. The van der Waals surface area contributed by atoms with Crippen LogP contribution in [0.15, 0.2) is 47.6 Å². The van der Waals surface area contributed by atoms with E-state index in [0.29, 0.717) is 5.56 Å². The topological polar surface area (TPSA) is 146 Å². The minimum absolute atomic E-state index is 0.127. The molecule has 1 aromatic heterocycles. The molecule has 1 heterocycles. The molecule has 1 atom stereocenters. The van der Waals surface area contributed by atoms with E-state index < -0.39 is 22.1 Å². The average molecular weight is 397 g/mol. The molecule has 136 valence electrons. The second kappa shape index (κ2) is 9.01. The van der Waals surface area contributed by atoms with Gasteiger partial charge in [-0.05, 0) is 34.6 Å². The first kappa shape index (κ1) is 19.5. The van der Waals surface area contributed by atoms with E-state index in [1.807, 2.05) is 0 Å². The highest BCUT2D eigenvalue weighted by molar-refractivity contribution is 8.76. The lowest BCUT2D eigenvalue weighted by atomic mass is 10.1. The Morgan fingerprint density at radius 1 is 1.19 bits per heavy atom. The van der Waals surface area contributed by atoms with Crippen molar-refractivity contribution in [1.29, 1.82) is 0 Å². The molecule has 0 saturated carbocycles. The zero-order valence-electron chi connectivity index (χ0n) is 12.9. The minimum Gasteiger partial charge on any atom is -0.450 e. The number of rotatable bonds is 8. The fourth-order valence-electron chi connectivity index (χ4n) is 1.87. The van der Waals surface area contributed by atoms with Crippen molar-refractivity contribution >= 4 is 39.1 Å². The van der Waals surface area contributed by atoms with Crippen molar-refractivity contribution in [3.8, 4) is 0 Å². The van der Waals surface area contributed by atoms with Gasteiger partial charge < -0.3 is 9.84 Å². The third-order valence-electron chi connectivity index (χ3n) is 3.02. The number of hydrogen-bond donors (Lipinski definition) is 1. The lowest BCUT2D eigenvalue weighted by molar-refractivity contribution is -0.388. The molecule has 0 spiro atoms. The predicted octanol–water partition coefficient (Wildman–Crippen LogP) is 4.07. The van der Waals surface area contributed by atoms with Gasteiger partial charge in [-0.2, -0.15) is 0 Å². The number of nitro groups is 2. The molecule has 0 aliphatic heterocycles. The Labute approximate surface area is 154 Å². The van der Waals surface area contributed by atoms with Crippen LogP contribution in [-0.2, 0) is 4.74 Å². The van der Waals surface area contributed by atoms with Crippen LogP contribution in [-0.4, -0.2) is 31.8 Å². The molecule has 0 saturated heterocycles. The third kappa shape index (κ3) is 5.32. The van der Waals surface area contributed by atoms with E-state index in [1.165, 1.54) is 42.6 Å². The van der Waals surface area contributed by atoms with Crippen LogP contribution in [0.3, 0.4) is 0 Å². The van der Waals surface area contributed by atoms with Crippen molar-refractivity contribution in [2.75, 3.05) is 5.75 Å². The Balaban J connectivity index is 2.08. The summed E-state index contributed by atoms with van der Waals surface area (Å²) in [6, 6.07) is 8.06. The van der Waals surface area contributed by atoms with E-state index in [2.05, 4.69) is 4.98 Å². The number of carbonyl (C=O) groups is 1. The third-order valence-corrected chi connectivity index (χ3v) is 5.29. The number of pyridine rings is 1. The van der Waals surface area contributed by atoms with Crippen molar-refractivity contribution in [1.82, 2.24) is 4.98 Å².